The van der Waals surface area contributed by atoms with E-state index < -0.39 is 24.1 Å². The Morgan fingerprint density at radius 3 is 2.17 bits per heavy atom. The van der Waals surface area contributed by atoms with Crippen LogP contribution in [-0.4, -0.2) is 28.6 Å². The van der Waals surface area contributed by atoms with Crippen LogP contribution in [0.3, 0.4) is 0 Å². The molecule has 2 N–H and O–H groups in total. The minimum absolute atomic E-state index is 0.379. The number of nitrogens with one attached hydrogen (secondary N) is 2. The van der Waals surface area contributed by atoms with Crippen LogP contribution in [0.15, 0.2) is 89.7 Å². The van der Waals surface area contributed by atoms with Crippen LogP contribution in [-0.2, 0) is 19.1 Å². The summed E-state index contributed by atoms with van der Waals surface area (Å²) in [6, 6.07) is 15.8. The fraction of sp³-hybridized carbons (Fsp3) is 0.214. The van der Waals surface area contributed by atoms with Gasteiger partial charge in [-0.05, 0) is 43.2 Å². The number of hydrogen-bond acceptors (Lipinski definition) is 5. The van der Waals surface area contributed by atoms with Gasteiger partial charge in [0.2, 0.25) is 0 Å². The molecule has 0 fully saturated rings. The molecule has 0 saturated carbocycles. The van der Waals surface area contributed by atoms with E-state index in [1.807, 2.05) is 92.5 Å². The minimum atomic E-state index is -0.650. The number of methoxy groups -OCH3 is 1. The highest BCUT2D eigenvalue weighted by Crippen LogP contribution is 2.42. The number of aromatic nitrogens is 2. The van der Waals surface area contributed by atoms with Crippen molar-refractivity contribution in [3.63, 3.8) is 0 Å². The smallest absolute Gasteiger partial charge is 0.338 e. The second-order valence-electron chi connectivity index (χ2n) is 8.76. The number of benzene rings is 2. The molecule has 2 aromatic heterocycles. The number of nitrogens with zero attached hydrogens (tertiary/aromatic N) is 1. The molecule has 0 radical (unpaired) electrons. The van der Waals surface area contributed by atoms with Crippen LogP contribution in [0.5, 0.6) is 0 Å². The number of dihydropyridines is 1. The summed E-state index contributed by atoms with van der Waals surface area (Å²) >= 11 is 0. The largest absolute Gasteiger partial charge is 0.466 e. The molecule has 0 saturated heterocycles. The molecule has 35 heavy (non-hydrogen) atoms. The topological polar surface area (TPSA) is 85.3 Å². The molecule has 0 spiro atoms. The Bertz CT molecular complexity index is 1490. The van der Waals surface area contributed by atoms with E-state index in [2.05, 4.69) is 10.3 Å². The van der Waals surface area contributed by atoms with E-state index in [-0.39, 0.29) is 0 Å². The number of rotatable bonds is 5. The first-order chi connectivity index (χ1) is 16.9. The molecule has 5 rings (SSSR count). The Balaban J connectivity index is 1.56. The third-order valence-electron chi connectivity index (χ3n) is 6.59. The molecule has 2 atom stereocenters. The third-order valence-corrected chi connectivity index (χ3v) is 6.59. The summed E-state index contributed by atoms with van der Waals surface area (Å²) in [5.41, 5.74) is 3.78. The Morgan fingerprint density at radius 2 is 1.51 bits per heavy atom. The molecule has 178 valence electrons. The average molecular weight is 470 g/mol. The summed E-state index contributed by atoms with van der Waals surface area (Å²) < 4.78 is 12.9. The van der Waals surface area contributed by atoms with Gasteiger partial charge >= 0.3 is 11.9 Å². The third kappa shape index (κ3) is 3.89. The van der Waals surface area contributed by atoms with Gasteiger partial charge in [0.25, 0.3) is 0 Å². The molecule has 7 heteroatoms. The lowest BCUT2D eigenvalue weighted by molar-refractivity contribution is -0.148. The van der Waals surface area contributed by atoms with Crippen LogP contribution < -0.4 is 5.32 Å². The second kappa shape index (κ2) is 8.83. The molecule has 0 amide bonds. The number of aromatic amines is 1. The van der Waals surface area contributed by atoms with Crippen molar-refractivity contribution >= 4 is 33.6 Å². The van der Waals surface area contributed by atoms with Gasteiger partial charge in [-0.1, -0.05) is 42.5 Å². The summed E-state index contributed by atoms with van der Waals surface area (Å²) in [6.45, 7) is 5.46. The first kappa shape index (κ1) is 22.5. The molecule has 2 aromatic carbocycles. The van der Waals surface area contributed by atoms with Crippen molar-refractivity contribution in [3.05, 3.63) is 95.2 Å². The van der Waals surface area contributed by atoms with Crippen LogP contribution in [0.2, 0.25) is 0 Å². The van der Waals surface area contributed by atoms with E-state index in [0.717, 1.165) is 27.2 Å². The van der Waals surface area contributed by atoms with Crippen LogP contribution in [0.4, 0.5) is 0 Å². The van der Waals surface area contributed by atoms with Gasteiger partial charge in [0.1, 0.15) is 0 Å². The number of fused-ring (bicyclic) bond motifs is 2. The maximum Gasteiger partial charge on any atom is 0.338 e. The Morgan fingerprint density at radius 1 is 0.914 bits per heavy atom. The predicted molar refractivity (Wildman–Crippen MR) is 134 cm³/mol. The normalized spacial score (nSPS) is 17.0. The van der Waals surface area contributed by atoms with Crippen molar-refractivity contribution in [2.75, 3.05) is 7.11 Å². The van der Waals surface area contributed by atoms with Crippen LogP contribution in [0.1, 0.15) is 38.5 Å². The number of esters is 2. The van der Waals surface area contributed by atoms with Gasteiger partial charge in [-0.2, -0.15) is 0 Å². The first-order valence-corrected chi connectivity index (χ1v) is 11.5. The van der Waals surface area contributed by atoms with Crippen LogP contribution in [0.25, 0.3) is 21.7 Å². The quantitative estimate of drug-likeness (QED) is 0.388. The van der Waals surface area contributed by atoms with E-state index in [1.165, 1.54) is 7.11 Å². The zero-order valence-corrected chi connectivity index (χ0v) is 20.1. The fourth-order valence-electron chi connectivity index (χ4n) is 4.88. The van der Waals surface area contributed by atoms with Crippen LogP contribution >= 0.6 is 0 Å². The van der Waals surface area contributed by atoms with Gasteiger partial charge in [-0.15, -0.1) is 0 Å². The van der Waals surface area contributed by atoms with Gasteiger partial charge in [0.15, 0.2) is 6.23 Å². The summed E-state index contributed by atoms with van der Waals surface area (Å²) in [5.74, 6) is -1.64. The Kier molecular flexibility index (Phi) is 5.68. The SMILES string of the molecule is COC(=O)C1=C(C)NC(C)=C(C(=O)OC(C)n2cc3ccccc3c2)C1c1c[nH]c2ccccc12. The van der Waals surface area contributed by atoms with Gasteiger partial charge in [0, 0.05) is 40.9 Å². The second-order valence-corrected chi connectivity index (χ2v) is 8.76. The lowest BCUT2D eigenvalue weighted by Gasteiger charge is -2.30. The molecule has 3 heterocycles. The van der Waals surface area contributed by atoms with Gasteiger partial charge in [-0.25, -0.2) is 9.59 Å². The zero-order valence-electron chi connectivity index (χ0n) is 20.1. The van der Waals surface area contributed by atoms with Crippen molar-refractivity contribution in [2.45, 2.75) is 32.9 Å². The molecule has 0 bridgehead atoms. The lowest BCUT2D eigenvalue weighted by atomic mass is 9.80. The molecular formula is C28H27N3O4. The Labute approximate surface area is 203 Å². The zero-order chi connectivity index (χ0) is 24.7. The monoisotopic (exact) mass is 469 g/mol. The van der Waals surface area contributed by atoms with Crippen molar-refractivity contribution in [1.29, 1.82) is 0 Å². The van der Waals surface area contributed by atoms with E-state index in [9.17, 15) is 9.59 Å². The highest BCUT2D eigenvalue weighted by atomic mass is 16.6. The molecule has 7 nitrogen and oxygen atoms in total. The minimum Gasteiger partial charge on any atom is -0.466 e. The maximum atomic E-state index is 13.7. The number of ether oxygens (including phenoxy) is 2. The highest BCUT2D eigenvalue weighted by Gasteiger charge is 2.39. The van der Waals surface area contributed by atoms with E-state index in [4.69, 9.17) is 9.47 Å². The van der Waals surface area contributed by atoms with Crippen molar-refractivity contribution in [1.82, 2.24) is 14.9 Å². The number of hydrogen-bond donors (Lipinski definition) is 2. The van der Waals surface area contributed by atoms with Crippen molar-refractivity contribution < 1.29 is 19.1 Å². The lowest BCUT2D eigenvalue weighted by Crippen LogP contribution is -2.32. The molecule has 0 aliphatic carbocycles. The summed E-state index contributed by atoms with van der Waals surface area (Å²) in [6.07, 6.45) is 5.20. The Hall–Kier alpha value is -4.26. The van der Waals surface area contributed by atoms with E-state index in [0.29, 0.717) is 22.5 Å². The number of allylic oxidation sites excluding steroid dienone is 2. The number of H-pyrrole nitrogens is 1. The molecule has 1 aliphatic heterocycles. The average Bonchev–Trinajstić information content (AvgIpc) is 3.47. The van der Waals surface area contributed by atoms with Crippen LogP contribution in [0, 0.1) is 0 Å². The predicted octanol–water partition coefficient (Wildman–Crippen LogP) is 5.29. The molecule has 1 aliphatic rings. The summed E-state index contributed by atoms with van der Waals surface area (Å²) in [7, 11) is 1.34. The first-order valence-electron chi connectivity index (χ1n) is 11.5. The number of carbonyl (C=O) groups is 2. The highest BCUT2D eigenvalue weighted by molar-refractivity contribution is 6.01. The van der Waals surface area contributed by atoms with Crippen molar-refractivity contribution in [3.8, 4) is 0 Å². The van der Waals surface area contributed by atoms with Crippen molar-refractivity contribution in [2.24, 2.45) is 0 Å². The van der Waals surface area contributed by atoms with Gasteiger partial charge in [0.05, 0.1) is 24.2 Å². The molecular weight excluding hydrogens is 442 g/mol. The maximum absolute atomic E-state index is 13.7. The number of para-hydroxylation sites is 1. The summed E-state index contributed by atoms with van der Waals surface area (Å²) in [4.78, 5) is 29.9. The fourth-order valence-corrected chi connectivity index (χ4v) is 4.88. The molecule has 4 aromatic rings. The number of carbonyl (C=O) groups excluding carboxylic acids is 2. The van der Waals surface area contributed by atoms with E-state index in [1.54, 1.807) is 0 Å². The van der Waals surface area contributed by atoms with E-state index >= 15 is 0 Å². The summed E-state index contributed by atoms with van der Waals surface area (Å²) in [5, 5.41) is 6.24. The molecule has 2 unspecified atom stereocenters. The van der Waals surface area contributed by atoms with Gasteiger partial charge < -0.3 is 24.3 Å². The van der Waals surface area contributed by atoms with Gasteiger partial charge in [-0.3, -0.25) is 0 Å². The standard InChI is InChI=1S/C28H27N3O4/c1-16-24(27(32)34-4)26(22-13-29-23-12-8-7-11-21(22)23)25(17(2)30-16)28(33)35-18(3)31-14-19-9-5-6-10-20(19)15-31/h5-15,18,26,29-30H,1-4H3.